The summed E-state index contributed by atoms with van der Waals surface area (Å²) in [4.78, 5) is 12.2. The first-order valence-electron chi connectivity index (χ1n) is 6.71. The molecule has 2 heterocycles. The zero-order valence-corrected chi connectivity index (χ0v) is 12.6. The van der Waals surface area contributed by atoms with E-state index >= 15 is 0 Å². The Labute approximate surface area is 129 Å². The van der Waals surface area contributed by atoms with E-state index in [0.717, 1.165) is 24.9 Å². The Kier molecular flexibility index (Phi) is 5.13. The van der Waals surface area contributed by atoms with E-state index in [1.807, 2.05) is 6.07 Å². The molecular weight excluding hydrogens is 299 g/mol. The second-order valence-corrected chi connectivity index (χ2v) is 5.48. The van der Waals surface area contributed by atoms with Crippen LogP contribution in [0.15, 0.2) is 12.1 Å². The molecule has 0 aromatic heterocycles. The van der Waals surface area contributed by atoms with E-state index in [1.165, 1.54) is 6.42 Å². The van der Waals surface area contributed by atoms with E-state index < -0.39 is 0 Å². The topological polar surface area (TPSA) is 50.4 Å². The normalized spacial score (nSPS) is 19.9. The Morgan fingerprint density at radius 2 is 2.35 bits per heavy atom. The molecule has 6 heteroatoms. The van der Waals surface area contributed by atoms with Crippen LogP contribution in [0.2, 0.25) is 5.02 Å². The monoisotopic (exact) mass is 316 g/mol. The van der Waals surface area contributed by atoms with Crippen LogP contribution in [-0.4, -0.2) is 31.6 Å². The van der Waals surface area contributed by atoms with Gasteiger partial charge in [-0.05, 0) is 37.1 Å². The maximum atomic E-state index is 12.2. The lowest BCUT2D eigenvalue weighted by atomic mass is 10.1. The van der Waals surface area contributed by atoms with Gasteiger partial charge in [-0.3, -0.25) is 4.79 Å². The van der Waals surface area contributed by atoms with Gasteiger partial charge in [-0.2, -0.15) is 0 Å². The van der Waals surface area contributed by atoms with Crippen LogP contribution in [-0.2, 0) is 6.42 Å². The smallest absolute Gasteiger partial charge is 0.255 e. The first-order chi connectivity index (χ1) is 9.24. The molecule has 1 aromatic carbocycles. The van der Waals surface area contributed by atoms with Gasteiger partial charge < -0.3 is 15.4 Å². The number of carbonyl (C=O) groups excluding carboxylic acids is 1. The van der Waals surface area contributed by atoms with Crippen LogP contribution in [0.4, 0.5) is 0 Å². The summed E-state index contributed by atoms with van der Waals surface area (Å²) in [5, 5.41) is 6.90. The van der Waals surface area contributed by atoms with Crippen LogP contribution >= 0.6 is 24.0 Å². The van der Waals surface area contributed by atoms with Crippen molar-refractivity contribution in [2.75, 3.05) is 19.7 Å². The largest absolute Gasteiger partial charge is 0.492 e. The molecule has 4 nitrogen and oxygen atoms in total. The predicted molar refractivity (Wildman–Crippen MR) is 81.3 cm³/mol. The van der Waals surface area contributed by atoms with E-state index in [-0.39, 0.29) is 18.3 Å². The number of hydrogen-bond donors (Lipinski definition) is 2. The second-order valence-electron chi connectivity index (χ2n) is 5.04. The minimum atomic E-state index is -0.102. The van der Waals surface area contributed by atoms with Crippen molar-refractivity contribution in [3.63, 3.8) is 0 Å². The number of rotatable bonds is 3. The maximum absolute atomic E-state index is 12.2. The molecule has 0 saturated carbocycles. The van der Waals surface area contributed by atoms with Crippen LogP contribution in [0.1, 0.15) is 28.8 Å². The van der Waals surface area contributed by atoms with Crippen LogP contribution in [0.25, 0.3) is 0 Å². The number of nitrogens with one attached hydrogen (secondary N) is 2. The van der Waals surface area contributed by atoms with Crippen molar-refractivity contribution in [1.29, 1.82) is 0 Å². The van der Waals surface area contributed by atoms with Gasteiger partial charge >= 0.3 is 0 Å². The fourth-order valence-corrected chi connectivity index (χ4v) is 2.92. The van der Waals surface area contributed by atoms with Gasteiger partial charge in [-0.15, -0.1) is 12.4 Å². The Morgan fingerprint density at radius 1 is 1.50 bits per heavy atom. The highest BCUT2D eigenvalue weighted by Crippen LogP contribution is 2.32. The summed E-state index contributed by atoms with van der Waals surface area (Å²) >= 11 is 6.05. The zero-order valence-electron chi connectivity index (χ0n) is 11.1. The molecule has 20 heavy (non-hydrogen) atoms. The van der Waals surface area contributed by atoms with Crippen molar-refractivity contribution < 1.29 is 9.53 Å². The summed E-state index contributed by atoms with van der Waals surface area (Å²) in [7, 11) is 0. The lowest BCUT2D eigenvalue weighted by Crippen LogP contribution is -2.37. The molecule has 2 aliphatic rings. The number of benzene rings is 1. The second kappa shape index (κ2) is 6.66. The summed E-state index contributed by atoms with van der Waals surface area (Å²) < 4.78 is 5.54. The predicted octanol–water partition coefficient (Wildman–Crippen LogP) is 2.18. The number of amides is 1. The molecule has 0 radical (unpaired) electrons. The Bertz CT molecular complexity index is 502. The molecule has 1 unspecified atom stereocenters. The molecule has 1 aromatic rings. The number of ether oxygens (including phenoxy) is 1. The number of hydrogen-bond acceptors (Lipinski definition) is 3. The van der Waals surface area contributed by atoms with Gasteiger partial charge in [0.2, 0.25) is 0 Å². The van der Waals surface area contributed by atoms with Crippen LogP contribution in [0.3, 0.4) is 0 Å². The van der Waals surface area contributed by atoms with Crippen LogP contribution < -0.4 is 15.4 Å². The van der Waals surface area contributed by atoms with Crippen molar-refractivity contribution in [1.82, 2.24) is 10.6 Å². The molecular formula is C14H18Cl2N2O2. The van der Waals surface area contributed by atoms with E-state index in [1.54, 1.807) is 6.07 Å². The molecule has 0 spiro atoms. The molecule has 2 N–H and O–H groups in total. The van der Waals surface area contributed by atoms with E-state index in [4.69, 9.17) is 16.3 Å². The van der Waals surface area contributed by atoms with Crippen molar-refractivity contribution in [2.45, 2.75) is 25.3 Å². The average Bonchev–Trinajstić information content (AvgIpc) is 3.05. The Balaban J connectivity index is 0.00000147. The molecule has 0 bridgehead atoms. The van der Waals surface area contributed by atoms with Gasteiger partial charge in [0.25, 0.3) is 5.91 Å². The Hall–Kier alpha value is -0.970. The molecule has 1 atom stereocenters. The highest BCUT2D eigenvalue weighted by molar-refractivity contribution is 6.31. The molecule has 0 aliphatic carbocycles. The third kappa shape index (κ3) is 3.19. The SMILES string of the molecule is Cl.O=C(NCC1CCCN1)c1cc(Cl)cc2c1OCC2. The molecule has 1 amide bonds. The molecule has 2 aliphatic heterocycles. The molecule has 110 valence electrons. The van der Waals surface area contributed by atoms with Crippen molar-refractivity contribution >= 4 is 29.9 Å². The van der Waals surface area contributed by atoms with Gasteiger partial charge in [0.1, 0.15) is 5.75 Å². The molecule has 1 fully saturated rings. The number of halogens is 2. The quantitative estimate of drug-likeness (QED) is 0.898. The maximum Gasteiger partial charge on any atom is 0.255 e. The standard InChI is InChI=1S/C14H17ClN2O2.ClH/c15-10-6-9-3-5-19-13(9)12(7-10)14(18)17-8-11-2-1-4-16-11;/h6-7,11,16H,1-5,8H2,(H,17,18);1H. The average molecular weight is 317 g/mol. The van der Waals surface area contributed by atoms with Crippen LogP contribution in [0.5, 0.6) is 5.75 Å². The van der Waals surface area contributed by atoms with Gasteiger partial charge in [-0.1, -0.05) is 11.6 Å². The molecule has 1 saturated heterocycles. The van der Waals surface area contributed by atoms with Gasteiger partial charge in [0.15, 0.2) is 0 Å². The minimum Gasteiger partial charge on any atom is -0.492 e. The summed E-state index contributed by atoms with van der Waals surface area (Å²) in [6.07, 6.45) is 3.11. The lowest BCUT2D eigenvalue weighted by molar-refractivity contribution is 0.0947. The summed E-state index contributed by atoms with van der Waals surface area (Å²) in [5.41, 5.74) is 1.58. The zero-order chi connectivity index (χ0) is 13.2. The van der Waals surface area contributed by atoms with E-state index in [9.17, 15) is 4.79 Å². The third-order valence-electron chi connectivity index (χ3n) is 3.66. The minimum absolute atomic E-state index is 0. The van der Waals surface area contributed by atoms with Crippen molar-refractivity contribution in [3.8, 4) is 5.75 Å². The van der Waals surface area contributed by atoms with Gasteiger partial charge in [0, 0.05) is 24.0 Å². The van der Waals surface area contributed by atoms with Gasteiger partial charge in [0.05, 0.1) is 12.2 Å². The summed E-state index contributed by atoms with van der Waals surface area (Å²) in [6.45, 7) is 2.32. The van der Waals surface area contributed by atoms with Crippen LogP contribution in [0, 0.1) is 0 Å². The van der Waals surface area contributed by atoms with E-state index in [2.05, 4.69) is 10.6 Å². The highest BCUT2D eigenvalue weighted by Gasteiger charge is 2.23. The first-order valence-corrected chi connectivity index (χ1v) is 7.08. The van der Waals surface area contributed by atoms with Crippen molar-refractivity contribution in [2.24, 2.45) is 0 Å². The molecule has 3 rings (SSSR count). The van der Waals surface area contributed by atoms with E-state index in [0.29, 0.717) is 35.5 Å². The van der Waals surface area contributed by atoms with Gasteiger partial charge in [-0.25, -0.2) is 0 Å². The number of carbonyl (C=O) groups is 1. The third-order valence-corrected chi connectivity index (χ3v) is 3.88. The lowest BCUT2D eigenvalue weighted by Gasteiger charge is -2.13. The first kappa shape index (κ1) is 15.4. The summed E-state index contributed by atoms with van der Waals surface area (Å²) in [5.74, 6) is 0.593. The highest BCUT2D eigenvalue weighted by atomic mass is 35.5. The Morgan fingerprint density at radius 3 is 3.10 bits per heavy atom. The fourth-order valence-electron chi connectivity index (χ4n) is 2.68. The summed E-state index contributed by atoms with van der Waals surface area (Å²) in [6, 6.07) is 3.94. The fraction of sp³-hybridized carbons (Fsp3) is 0.500. The van der Waals surface area contributed by atoms with Crippen molar-refractivity contribution in [3.05, 3.63) is 28.3 Å². The number of fused-ring (bicyclic) bond motifs is 1.